The van der Waals surface area contributed by atoms with Crippen LogP contribution in [0.15, 0.2) is 29.2 Å². The molecule has 3 rings (SSSR count). The molecule has 1 aliphatic rings. The monoisotopic (exact) mass is 397 g/mol. The van der Waals surface area contributed by atoms with Crippen LogP contribution in [0.4, 0.5) is 4.39 Å². The molecule has 1 aromatic carbocycles. The zero-order chi connectivity index (χ0) is 19.6. The van der Waals surface area contributed by atoms with Gasteiger partial charge < -0.3 is 9.64 Å². The van der Waals surface area contributed by atoms with Crippen molar-refractivity contribution in [1.29, 1.82) is 0 Å². The summed E-state index contributed by atoms with van der Waals surface area (Å²) < 4.78 is 47.9. The van der Waals surface area contributed by atoms with E-state index < -0.39 is 10.0 Å². The van der Waals surface area contributed by atoms with Gasteiger partial charge in [-0.2, -0.15) is 9.40 Å². The molecule has 148 valence electrons. The van der Waals surface area contributed by atoms with Gasteiger partial charge >= 0.3 is 0 Å². The zero-order valence-electron chi connectivity index (χ0n) is 15.9. The van der Waals surface area contributed by atoms with Crippen LogP contribution in [0.2, 0.25) is 0 Å². The number of nitrogens with zero attached hydrogens (tertiary/aromatic N) is 3. The highest BCUT2D eigenvalue weighted by Gasteiger charge is 2.32. The molecule has 1 N–H and O–H groups in total. The number of sulfonamides is 1. The fourth-order valence-electron chi connectivity index (χ4n) is 3.43. The predicted octanol–water partition coefficient (Wildman–Crippen LogP) is 0.332. The van der Waals surface area contributed by atoms with Gasteiger partial charge in [0.05, 0.1) is 31.6 Å². The number of quaternary nitrogens is 1. The van der Waals surface area contributed by atoms with Gasteiger partial charge in [0, 0.05) is 18.7 Å². The van der Waals surface area contributed by atoms with Crippen LogP contribution in [-0.4, -0.2) is 55.9 Å². The standard InChI is InChI=1S/C18H25FN4O3S/c1-14-18(27(24,25)22-7-9-26-10-8-22)15(2)23(20-14)13-21(3)12-16-5-4-6-17(19)11-16/h4-6,11H,7-10,12-13H2,1-3H3/p+1. The minimum absolute atomic E-state index is 0.259. The lowest BCUT2D eigenvalue weighted by Crippen LogP contribution is -3.07. The molecule has 27 heavy (non-hydrogen) atoms. The number of hydrogen-bond acceptors (Lipinski definition) is 4. The Morgan fingerprint density at radius 3 is 2.63 bits per heavy atom. The Morgan fingerprint density at radius 2 is 1.96 bits per heavy atom. The topological polar surface area (TPSA) is 68.9 Å². The van der Waals surface area contributed by atoms with Crippen LogP contribution in [0.1, 0.15) is 17.0 Å². The van der Waals surface area contributed by atoms with Crippen LogP contribution < -0.4 is 4.90 Å². The number of nitrogens with one attached hydrogen (secondary N) is 1. The Hall–Kier alpha value is -1.81. The molecule has 0 aliphatic carbocycles. The lowest BCUT2D eigenvalue weighted by atomic mass is 10.2. The van der Waals surface area contributed by atoms with Gasteiger partial charge in [-0.25, -0.2) is 17.5 Å². The molecule has 0 bridgehead atoms. The summed E-state index contributed by atoms with van der Waals surface area (Å²) in [6.07, 6.45) is 0. The zero-order valence-corrected chi connectivity index (χ0v) is 16.7. The lowest BCUT2D eigenvalue weighted by molar-refractivity contribution is -0.917. The van der Waals surface area contributed by atoms with Gasteiger partial charge in [-0.1, -0.05) is 12.1 Å². The van der Waals surface area contributed by atoms with Crippen LogP contribution in [0.3, 0.4) is 0 Å². The highest BCUT2D eigenvalue weighted by Crippen LogP contribution is 2.23. The van der Waals surface area contributed by atoms with E-state index in [0.717, 1.165) is 10.5 Å². The summed E-state index contributed by atoms with van der Waals surface area (Å²) in [6, 6.07) is 6.50. The van der Waals surface area contributed by atoms with E-state index in [1.54, 1.807) is 24.6 Å². The molecule has 1 aliphatic heterocycles. The van der Waals surface area contributed by atoms with E-state index in [2.05, 4.69) is 5.10 Å². The fourth-order valence-corrected chi connectivity index (χ4v) is 5.21. The number of rotatable bonds is 6. The van der Waals surface area contributed by atoms with Crippen molar-refractivity contribution >= 4 is 10.0 Å². The maximum atomic E-state index is 13.4. The van der Waals surface area contributed by atoms with E-state index in [1.165, 1.54) is 16.4 Å². The summed E-state index contributed by atoms with van der Waals surface area (Å²) in [5.41, 5.74) is 2.00. The molecule has 1 saturated heterocycles. The molecule has 2 heterocycles. The predicted molar refractivity (Wildman–Crippen MR) is 98.3 cm³/mol. The number of aryl methyl sites for hydroxylation is 1. The smallest absolute Gasteiger partial charge is 0.246 e. The summed E-state index contributed by atoms with van der Waals surface area (Å²) >= 11 is 0. The summed E-state index contributed by atoms with van der Waals surface area (Å²) in [7, 11) is -1.62. The number of benzene rings is 1. The van der Waals surface area contributed by atoms with Crippen molar-refractivity contribution in [2.24, 2.45) is 0 Å². The quantitative estimate of drug-likeness (QED) is 0.763. The van der Waals surface area contributed by atoms with Crippen molar-refractivity contribution in [1.82, 2.24) is 14.1 Å². The minimum Gasteiger partial charge on any atom is -0.379 e. The van der Waals surface area contributed by atoms with Crippen molar-refractivity contribution in [3.05, 3.63) is 47.0 Å². The van der Waals surface area contributed by atoms with Crippen molar-refractivity contribution in [2.45, 2.75) is 32.0 Å². The molecule has 1 unspecified atom stereocenters. The molecular weight excluding hydrogens is 371 g/mol. The Labute approximate surface area is 159 Å². The first kappa shape index (κ1) is 19.9. The molecule has 7 nitrogen and oxygen atoms in total. The third-order valence-corrected chi connectivity index (χ3v) is 6.85. The Kier molecular flexibility index (Phi) is 5.95. The summed E-state index contributed by atoms with van der Waals surface area (Å²) in [5.74, 6) is -0.259. The molecule has 9 heteroatoms. The minimum atomic E-state index is -3.59. The number of aromatic nitrogens is 2. The van der Waals surface area contributed by atoms with E-state index >= 15 is 0 Å². The summed E-state index contributed by atoms with van der Waals surface area (Å²) in [6.45, 7) is 6.14. The van der Waals surface area contributed by atoms with Crippen LogP contribution in [-0.2, 0) is 28.0 Å². The van der Waals surface area contributed by atoms with Gasteiger partial charge in [0.2, 0.25) is 10.0 Å². The third-order valence-electron chi connectivity index (χ3n) is 4.70. The number of halogens is 1. The van der Waals surface area contributed by atoms with Crippen molar-refractivity contribution in [3.8, 4) is 0 Å². The molecule has 1 fully saturated rings. The first-order valence-electron chi connectivity index (χ1n) is 8.96. The van der Waals surface area contributed by atoms with E-state index in [-0.39, 0.29) is 10.7 Å². The highest BCUT2D eigenvalue weighted by molar-refractivity contribution is 7.89. The lowest BCUT2D eigenvalue weighted by Gasteiger charge is -2.26. The maximum absolute atomic E-state index is 13.4. The van der Waals surface area contributed by atoms with E-state index in [4.69, 9.17) is 4.74 Å². The van der Waals surface area contributed by atoms with Gasteiger partial charge in [-0.05, 0) is 26.0 Å². The van der Waals surface area contributed by atoms with E-state index in [1.807, 2.05) is 13.1 Å². The van der Waals surface area contributed by atoms with Gasteiger partial charge in [0.15, 0.2) is 6.67 Å². The average Bonchev–Trinajstić information content (AvgIpc) is 2.89. The SMILES string of the molecule is Cc1nn(C[NH+](C)Cc2cccc(F)c2)c(C)c1S(=O)(=O)N1CCOCC1. The van der Waals surface area contributed by atoms with Crippen LogP contribution in [0, 0.1) is 19.7 Å². The van der Waals surface area contributed by atoms with E-state index in [0.29, 0.717) is 50.9 Å². The number of ether oxygens (including phenoxy) is 1. The molecule has 0 spiro atoms. The Morgan fingerprint density at radius 1 is 1.26 bits per heavy atom. The number of hydrogen-bond donors (Lipinski definition) is 1. The molecule has 0 saturated carbocycles. The second kappa shape index (κ2) is 8.05. The van der Waals surface area contributed by atoms with Gasteiger partial charge in [0.1, 0.15) is 17.3 Å². The van der Waals surface area contributed by atoms with E-state index in [9.17, 15) is 12.8 Å². The second-order valence-corrected chi connectivity index (χ2v) is 8.81. The van der Waals surface area contributed by atoms with Gasteiger partial charge in [-0.3, -0.25) is 0 Å². The maximum Gasteiger partial charge on any atom is 0.246 e. The normalized spacial score (nSPS) is 17.2. The molecule has 2 aromatic rings. The Bertz CT molecular complexity index is 907. The largest absolute Gasteiger partial charge is 0.379 e. The molecule has 0 radical (unpaired) electrons. The average molecular weight is 397 g/mol. The first-order valence-corrected chi connectivity index (χ1v) is 10.4. The molecule has 0 amide bonds. The van der Waals surface area contributed by atoms with Crippen LogP contribution in [0.25, 0.3) is 0 Å². The van der Waals surface area contributed by atoms with Crippen LogP contribution in [0.5, 0.6) is 0 Å². The molecule has 1 atom stereocenters. The highest BCUT2D eigenvalue weighted by atomic mass is 32.2. The summed E-state index contributed by atoms with van der Waals surface area (Å²) in [5, 5.41) is 4.46. The molecule has 1 aromatic heterocycles. The summed E-state index contributed by atoms with van der Waals surface area (Å²) in [4.78, 5) is 1.35. The third kappa shape index (κ3) is 4.37. The first-order chi connectivity index (χ1) is 12.8. The van der Waals surface area contributed by atoms with Crippen molar-refractivity contribution in [2.75, 3.05) is 33.4 Å². The van der Waals surface area contributed by atoms with Crippen molar-refractivity contribution in [3.63, 3.8) is 0 Å². The molecular formula is C18H26FN4O3S+. The van der Waals surface area contributed by atoms with Crippen molar-refractivity contribution < 1.29 is 22.4 Å². The van der Waals surface area contributed by atoms with Gasteiger partial charge in [-0.15, -0.1) is 0 Å². The second-order valence-electron chi connectivity index (χ2n) is 6.94. The van der Waals surface area contributed by atoms with Gasteiger partial charge in [0.25, 0.3) is 0 Å². The number of morpholine rings is 1. The fraction of sp³-hybridized carbons (Fsp3) is 0.500. The van der Waals surface area contributed by atoms with Crippen LogP contribution >= 0.6 is 0 Å². The Balaban J connectivity index is 1.79.